The van der Waals surface area contributed by atoms with E-state index in [9.17, 15) is 9.59 Å². The first-order chi connectivity index (χ1) is 16.3. The first-order valence-electron chi connectivity index (χ1n) is 11.2. The van der Waals surface area contributed by atoms with Crippen LogP contribution in [0.25, 0.3) is 16.6 Å². The van der Waals surface area contributed by atoms with Gasteiger partial charge in [0.25, 0.3) is 5.56 Å². The molecule has 1 aromatic heterocycles. The van der Waals surface area contributed by atoms with Crippen LogP contribution in [-0.4, -0.2) is 27.5 Å². The minimum absolute atomic E-state index is 0.146. The summed E-state index contributed by atoms with van der Waals surface area (Å²) in [5.41, 5.74) is 4.01. The van der Waals surface area contributed by atoms with Gasteiger partial charge in [-0.15, -0.1) is 0 Å². The molecule has 1 atom stereocenters. The Morgan fingerprint density at radius 2 is 1.79 bits per heavy atom. The third kappa shape index (κ3) is 4.61. The average molecular weight is 519 g/mol. The van der Waals surface area contributed by atoms with Gasteiger partial charge in [0.05, 0.1) is 22.6 Å². The van der Waals surface area contributed by atoms with E-state index in [4.69, 9.17) is 4.98 Å². The number of nitrogens with zero attached hydrogens (tertiary/aromatic N) is 3. The Labute approximate surface area is 207 Å². The summed E-state index contributed by atoms with van der Waals surface area (Å²) in [6, 6.07) is 20.0. The van der Waals surface area contributed by atoms with Crippen LogP contribution in [0.1, 0.15) is 36.3 Å². The van der Waals surface area contributed by atoms with Gasteiger partial charge in [-0.05, 0) is 68.3 Å². The number of hydrogen-bond donors (Lipinski definition) is 1. The monoisotopic (exact) mass is 518 g/mol. The maximum atomic E-state index is 13.7. The number of aryl methyl sites for hydroxylation is 2. The highest BCUT2D eigenvalue weighted by Gasteiger charge is 2.27. The van der Waals surface area contributed by atoms with Crippen LogP contribution in [0.2, 0.25) is 0 Å². The largest absolute Gasteiger partial charge is 0.322 e. The standard InChI is InChI=1S/C27H27BrN4O2/c1-5-23(31(4)27(34)29-20-13-11-19(28)12-14-20)25-30-22-9-7-6-8-21(22)26(33)32(25)24-15-10-17(2)16-18(24)3/h6-16,23H,5H2,1-4H3,(H,29,34). The number of benzene rings is 3. The fourth-order valence-electron chi connectivity index (χ4n) is 4.18. The van der Waals surface area contributed by atoms with Crippen molar-refractivity contribution in [1.82, 2.24) is 14.5 Å². The number of halogens is 1. The van der Waals surface area contributed by atoms with E-state index < -0.39 is 6.04 Å². The third-order valence-electron chi connectivity index (χ3n) is 5.96. The number of carbonyl (C=O) groups excluding carboxylic acids is 1. The highest BCUT2D eigenvalue weighted by atomic mass is 79.9. The Balaban J connectivity index is 1.84. The first-order valence-corrected chi connectivity index (χ1v) is 12.0. The normalized spacial score (nSPS) is 11.9. The van der Waals surface area contributed by atoms with Gasteiger partial charge < -0.3 is 10.2 Å². The number of carbonyl (C=O) groups is 1. The van der Waals surface area contributed by atoms with Crippen LogP contribution in [0.4, 0.5) is 10.5 Å². The van der Waals surface area contributed by atoms with Crippen LogP contribution in [0, 0.1) is 13.8 Å². The van der Waals surface area contributed by atoms with Crippen LogP contribution >= 0.6 is 15.9 Å². The third-order valence-corrected chi connectivity index (χ3v) is 6.49. The van der Waals surface area contributed by atoms with E-state index in [0.717, 1.165) is 21.3 Å². The molecule has 4 aromatic rings. The molecule has 0 aliphatic carbocycles. The summed E-state index contributed by atoms with van der Waals surface area (Å²) in [6.45, 7) is 5.99. The van der Waals surface area contributed by atoms with Crippen LogP contribution < -0.4 is 10.9 Å². The Hall–Kier alpha value is -3.45. The Morgan fingerprint density at radius 3 is 2.47 bits per heavy atom. The molecule has 34 heavy (non-hydrogen) atoms. The molecule has 0 saturated carbocycles. The second kappa shape index (κ2) is 9.81. The molecule has 3 aromatic carbocycles. The molecule has 2 amide bonds. The van der Waals surface area contributed by atoms with Gasteiger partial charge in [-0.1, -0.05) is 52.7 Å². The van der Waals surface area contributed by atoms with Crippen molar-refractivity contribution >= 4 is 38.6 Å². The maximum Gasteiger partial charge on any atom is 0.322 e. The number of anilines is 1. The number of urea groups is 1. The molecule has 1 N–H and O–H groups in total. The number of amides is 2. The van der Waals surface area contributed by atoms with E-state index in [1.807, 2.05) is 81.4 Å². The van der Waals surface area contributed by atoms with Crippen LogP contribution in [0.15, 0.2) is 76.0 Å². The van der Waals surface area contributed by atoms with Gasteiger partial charge in [-0.3, -0.25) is 9.36 Å². The van der Waals surface area contributed by atoms with Crippen molar-refractivity contribution in [3.63, 3.8) is 0 Å². The zero-order valence-electron chi connectivity index (χ0n) is 19.7. The number of aromatic nitrogens is 2. The van der Waals surface area contributed by atoms with E-state index in [0.29, 0.717) is 28.8 Å². The van der Waals surface area contributed by atoms with Crippen molar-refractivity contribution in [1.29, 1.82) is 0 Å². The molecule has 0 fully saturated rings. The smallest absolute Gasteiger partial charge is 0.317 e. The molecule has 4 rings (SSSR count). The molecule has 0 aliphatic rings. The zero-order chi connectivity index (χ0) is 24.4. The van der Waals surface area contributed by atoms with Crippen molar-refractivity contribution in [2.75, 3.05) is 12.4 Å². The summed E-state index contributed by atoms with van der Waals surface area (Å²) in [6.07, 6.45) is 0.583. The lowest BCUT2D eigenvalue weighted by molar-refractivity contribution is 0.199. The minimum atomic E-state index is -0.423. The maximum absolute atomic E-state index is 13.7. The SMILES string of the molecule is CCC(c1nc2ccccc2c(=O)n1-c1ccc(C)cc1C)N(C)C(=O)Nc1ccc(Br)cc1. The van der Waals surface area contributed by atoms with Gasteiger partial charge in [-0.25, -0.2) is 9.78 Å². The number of fused-ring (bicyclic) bond motifs is 1. The Bertz CT molecular complexity index is 1410. The van der Waals surface area contributed by atoms with E-state index in [-0.39, 0.29) is 11.6 Å². The van der Waals surface area contributed by atoms with Gasteiger partial charge in [-0.2, -0.15) is 0 Å². The minimum Gasteiger partial charge on any atom is -0.317 e. The zero-order valence-corrected chi connectivity index (χ0v) is 21.3. The predicted octanol–water partition coefficient (Wildman–Crippen LogP) is 6.38. The molecular weight excluding hydrogens is 492 g/mol. The van der Waals surface area contributed by atoms with Crippen LogP contribution in [0.3, 0.4) is 0 Å². The van der Waals surface area contributed by atoms with Gasteiger partial charge in [0.2, 0.25) is 0 Å². The molecule has 174 valence electrons. The summed E-state index contributed by atoms with van der Waals surface area (Å²) in [5, 5.41) is 3.48. The van der Waals surface area contributed by atoms with Gasteiger partial charge in [0.1, 0.15) is 5.82 Å². The second-order valence-electron chi connectivity index (χ2n) is 8.39. The van der Waals surface area contributed by atoms with Crippen molar-refractivity contribution in [2.24, 2.45) is 0 Å². The molecule has 0 bridgehead atoms. The first kappa shape index (κ1) is 23.7. The van der Waals surface area contributed by atoms with Crippen LogP contribution in [-0.2, 0) is 0 Å². The highest BCUT2D eigenvalue weighted by Crippen LogP contribution is 2.27. The van der Waals surface area contributed by atoms with E-state index in [1.54, 1.807) is 22.6 Å². The summed E-state index contributed by atoms with van der Waals surface area (Å²) in [5.74, 6) is 0.534. The van der Waals surface area contributed by atoms with Gasteiger partial charge in [0.15, 0.2) is 0 Å². The topological polar surface area (TPSA) is 67.2 Å². The summed E-state index contributed by atoms with van der Waals surface area (Å²) >= 11 is 3.41. The molecular formula is C27H27BrN4O2. The average Bonchev–Trinajstić information content (AvgIpc) is 2.82. The quantitative estimate of drug-likeness (QED) is 0.333. The van der Waals surface area contributed by atoms with Crippen molar-refractivity contribution < 1.29 is 4.79 Å². The predicted molar refractivity (Wildman–Crippen MR) is 141 cm³/mol. The number of rotatable bonds is 5. The summed E-state index contributed by atoms with van der Waals surface area (Å²) < 4.78 is 2.59. The molecule has 1 unspecified atom stereocenters. The lowest BCUT2D eigenvalue weighted by atomic mass is 10.1. The number of nitrogens with one attached hydrogen (secondary N) is 1. The molecule has 0 saturated heterocycles. The van der Waals surface area contributed by atoms with Gasteiger partial charge >= 0.3 is 6.03 Å². The van der Waals surface area contributed by atoms with Crippen molar-refractivity contribution in [3.8, 4) is 5.69 Å². The Kier molecular flexibility index (Phi) is 6.84. The Morgan fingerprint density at radius 1 is 1.09 bits per heavy atom. The second-order valence-corrected chi connectivity index (χ2v) is 9.31. The van der Waals surface area contributed by atoms with E-state index >= 15 is 0 Å². The fourth-order valence-corrected chi connectivity index (χ4v) is 4.44. The summed E-state index contributed by atoms with van der Waals surface area (Å²) in [4.78, 5) is 33.4. The molecule has 0 radical (unpaired) electrons. The summed E-state index contributed by atoms with van der Waals surface area (Å²) in [7, 11) is 1.73. The van der Waals surface area contributed by atoms with Crippen molar-refractivity contribution in [3.05, 3.63) is 98.5 Å². The lowest BCUT2D eigenvalue weighted by Crippen LogP contribution is -2.38. The lowest BCUT2D eigenvalue weighted by Gasteiger charge is -2.29. The molecule has 0 spiro atoms. The molecule has 6 nitrogen and oxygen atoms in total. The number of para-hydroxylation sites is 1. The molecule has 0 aliphatic heterocycles. The van der Waals surface area contributed by atoms with E-state index in [2.05, 4.69) is 21.2 Å². The van der Waals surface area contributed by atoms with Crippen molar-refractivity contribution in [2.45, 2.75) is 33.2 Å². The highest BCUT2D eigenvalue weighted by molar-refractivity contribution is 9.10. The number of hydrogen-bond acceptors (Lipinski definition) is 3. The molecule has 7 heteroatoms. The van der Waals surface area contributed by atoms with Crippen LogP contribution in [0.5, 0.6) is 0 Å². The van der Waals surface area contributed by atoms with E-state index in [1.165, 1.54) is 0 Å². The fraction of sp³-hybridized carbons (Fsp3) is 0.222. The van der Waals surface area contributed by atoms with Gasteiger partial charge in [0, 0.05) is 17.2 Å². The molecule has 1 heterocycles.